The standard InChI is InChI=1S/C15H25N5O2/c1-11-9-12(19-13(18-11)20(2)3)10-17-14(21)16-8-7-15(22)5-4-6-15/h9,22H,4-8,10H2,1-3H3,(H2,16,17,21). The molecule has 7 heteroatoms. The third-order valence-corrected chi connectivity index (χ3v) is 3.89. The number of aryl methyl sites for hydroxylation is 1. The van der Waals surface area contributed by atoms with E-state index >= 15 is 0 Å². The van der Waals surface area contributed by atoms with Gasteiger partial charge in [0, 0.05) is 26.3 Å². The smallest absolute Gasteiger partial charge is 0.315 e. The molecule has 122 valence electrons. The van der Waals surface area contributed by atoms with Gasteiger partial charge in [0.25, 0.3) is 0 Å². The summed E-state index contributed by atoms with van der Waals surface area (Å²) in [6, 6.07) is 1.61. The molecule has 7 nitrogen and oxygen atoms in total. The molecule has 2 amide bonds. The second kappa shape index (κ2) is 6.91. The van der Waals surface area contributed by atoms with E-state index in [-0.39, 0.29) is 6.03 Å². The second-order valence-corrected chi connectivity index (χ2v) is 6.13. The molecule has 0 aromatic carbocycles. The maximum absolute atomic E-state index is 11.8. The zero-order valence-electron chi connectivity index (χ0n) is 13.5. The Kier molecular flexibility index (Phi) is 5.18. The van der Waals surface area contributed by atoms with Gasteiger partial charge in [0.05, 0.1) is 17.8 Å². The van der Waals surface area contributed by atoms with Crippen molar-refractivity contribution in [2.45, 2.75) is 44.8 Å². The van der Waals surface area contributed by atoms with Crippen LogP contribution in [0.5, 0.6) is 0 Å². The number of nitrogens with one attached hydrogen (secondary N) is 2. The first kappa shape index (κ1) is 16.5. The molecule has 0 atom stereocenters. The van der Waals surface area contributed by atoms with Gasteiger partial charge in [-0.1, -0.05) is 0 Å². The predicted octanol–water partition coefficient (Wildman–Crippen LogP) is 0.955. The van der Waals surface area contributed by atoms with Crippen molar-refractivity contribution in [1.82, 2.24) is 20.6 Å². The summed E-state index contributed by atoms with van der Waals surface area (Å²) in [5.41, 5.74) is 1.07. The number of amides is 2. The zero-order chi connectivity index (χ0) is 16.2. The van der Waals surface area contributed by atoms with Crippen LogP contribution in [0, 0.1) is 6.92 Å². The molecule has 1 aromatic rings. The number of carbonyl (C=O) groups excluding carboxylic acids is 1. The number of nitrogens with zero attached hydrogens (tertiary/aromatic N) is 3. The van der Waals surface area contributed by atoms with E-state index in [1.54, 1.807) is 0 Å². The third kappa shape index (κ3) is 4.56. The minimum atomic E-state index is -0.558. The highest BCUT2D eigenvalue weighted by atomic mass is 16.3. The number of hydrogen-bond donors (Lipinski definition) is 3. The first-order valence-corrected chi connectivity index (χ1v) is 7.64. The van der Waals surface area contributed by atoms with Crippen LogP contribution in [-0.4, -0.2) is 47.3 Å². The molecular weight excluding hydrogens is 282 g/mol. The lowest BCUT2D eigenvalue weighted by Crippen LogP contribution is -2.42. The number of anilines is 1. The van der Waals surface area contributed by atoms with Crippen molar-refractivity contribution < 1.29 is 9.90 Å². The van der Waals surface area contributed by atoms with Gasteiger partial charge in [-0.3, -0.25) is 0 Å². The Morgan fingerprint density at radius 3 is 2.68 bits per heavy atom. The van der Waals surface area contributed by atoms with E-state index < -0.39 is 5.60 Å². The SMILES string of the molecule is Cc1cc(CNC(=O)NCCC2(O)CCC2)nc(N(C)C)n1. The molecule has 22 heavy (non-hydrogen) atoms. The quantitative estimate of drug-likeness (QED) is 0.728. The van der Waals surface area contributed by atoms with Crippen LogP contribution >= 0.6 is 0 Å². The highest BCUT2D eigenvalue weighted by molar-refractivity contribution is 5.73. The first-order valence-electron chi connectivity index (χ1n) is 7.64. The van der Waals surface area contributed by atoms with Gasteiger partial charge < -0.3 is 20.6 Å². The summed E-state index contributed by atoms with van der Waals surface area (Å²) in [5.74, 6) is 0.629. The Morgan fingerprint density at radius 2 is 2.09 bits per heavy atom. The van der Waals surface area contributed by atoms with E-state index in [0.717, 1.165) is 30.7 Å². The average molecular weight is 307 g/mol. The fraction of sp³-hybridized carbons (Fsp3) is 0.667. The Balaban J connectivity index is 1.76. The number of hydrogen-bond acceptors (Lipinski definition) is 5. The molecular formula is C15H25N5O2. The minimum Gasteiger partial charge on any atom is -0.390 e. The average Bonchev–Trinajstić information content (AvgIpc) is 2.42. The molecule has 3 N–H and O–H groups in total. The van der Waals surface area contributed by atoms with Crippen LogP contribution in [0.1, 0.15) is 37.1 Å². The zero-order valence-corrected chi connectivity index (χ0v) is 13.5. The molecule has 0 unspecified atom stereocenters. The molecule has 0 radical (unpaired) electrons. The maximum atomic E-state index is 11.8. The molecule has 1 aromatic heterocycles. The van der Waals surface area contributed by atoms with E-state index in [2.05, 4.69) is 20.6 Å². The normalized spacial score (nSPS) is 15.8. The molecule has 1 heterocycles. The fourth-order valence-electron chi connectivity index (χ4n) is 2.38. The van der Waals surface area contributed by atoms with Gasteiger partial charge >= 0.3 is 6.03 Å². The highest BCUT2D eigenvalue weighted by Gasteiger charge is 2.33. The van der Waals surface area contributed by atoms with Crippen molar-refractivity contribution in [2.75, 3.05) is 25.5 Å². The molecule has 1 saturated carbocycles. The molecule has 0 saturated heterocycles. The molecule has 0 bridgehead atoms. The van der Waals surface area contributed by atoms with E-state index in [4.69, 9.17) is 0 Å². The molecule has 0 spiro atoms. The first-order chi connectivity index (χ1) is 10.4. The third-order valence-electron chi connectivity index (χ3n) is 3.89. The fourth-order valence-corrected chi connectivity index (χ4v) is 2.38. The molecule has 0 aliphatic heterocycles. The van der Waals surface area contributed by atoms with Crippen molar-refractivity contribution in [3.63, 3.8) is 0 Å². The Hall–Kier alpha value is -1.89. The van der Waals surface area contributed by atoms with Gasteiger partial charge in [-0.25, -0.2) is 14.8 Å². The molecule has 1 aliphatic carbocycles. The van der Waals surface area contributed by atoms with E-state index in [0.29, 0.717) is 25.5 Å². The van der Waals surface area contributed by atoms with Gasteiger partial charge in [-0.05, 0) is 38.7 Å². The summed E-state index contributed by atoms with van der Waals surface area (Å²) in [6.07, 6.45) is 3.36. The van der Waals surface area contributed by atoms with Gasteiger partial charge in [0.2, 0.25) is 5.95 Å². The summed E-state index contributed by atoms with van der Waals surface area (Å²) in [4.78, 5) is 22.3. The number of urea groups is 1. The second-order valence-electron chi connectivity index (χ2n) is 6.13. The lowest BCUT2D eigenvalue weighted by molar-refractivity contribution is -0.0389. The largest absolute Gasteiger partial charge is 0.390 e. The van der Waals surface area contributed by atoms with Gasteiger partial charge in [-0.2, -0.15) is 0 Å². The van der Waals surface area contributed by atoms with Crippen LogP contribution in [0.2, 0.25) is 0 Å². The number of carbonyl (C=O) groups is 1. The topological polar surface area (TPSA) is 90.4 Å². The van der Waals surface area contributed by atoms with Crippen LogP contribution in [0.4, 0.5) is 10.7 Å². The minimum absolute atomic E-state index is 0.245. The van der Waals surface area contributed by atoms with Gasteiger partial charge in [-0.15, -0.1) is 0 Å². The van der Waals surface area contributed by atoms with Crippen molar-refractivity contribution in [3.05, 3.63) is 17.5 Å². The van der Waals surface area contributed by atoms with Crippen LogP contribution in [0.3, 0.4) is 0 Å². The lowest BCUT2D eigenvalue weighted by atomic mass is 9.78. The summed E-state index contributed by atoms with van der Waals surface area (Å²) in [6.45, 7) is 2.73. The Labute approximate surface area is 131 Å². The number of aliphatic hydroxyl groups is 1. The summed E-state index contributed by atoms with van der Waals surface area (Å²) in [5, 5.41) is 15.5. The van der Waals surface area contributed by atoms with Crippen molar-refractivity contribution in [1.29, 1.82) is 0 Å². The van der Waals surface area contributed by atoms with Crippen molar-refractivity contribution in [3.8, 4) is 0 Å². The lowest BCUT2D eigenvalue weighted by Gasteiger charge is -2.36. The van der Waals surface area contributed by atoms with Crippen molar-refractivity contribution in [2.24, 2.45) is 0 Å². The molecule has 1 fully saturated rings. The van der Waals surface area contributed by atoms with Crippen molar-refractivity contribution >= 4 is 12.0 Å². The van der Waals surface area contributed by atoms with E-state index in [1.165, 1.54) is 0 Å². The van der Waals surface area contributed by atoms with Crippen LogP contribution in [0.25, 0.3) is 0 Å². The van der Waals surface area contributed by atoms with E-state index in [1.807, 2.05) is 32.0 Å². The number of aromatic nitrogens is 2. The van der Waals surface area contributed by atoms with Crippen LogP contribution in [-0.2, 0) is 6.54 Å². The van der Waals surface area contributed by atoms with Crippen LogP contribution in [0.15, 0.2) is 6.07 Å². The number of rotatable bonds is 6. The van der Waals surface area contributed by atoms with Gasteiger partial charge in [0.15, 0.2) is 0 Å². The summed E-state index contributed by atoms with van der Waals surface area (Å²) in [7, 11) is 3.76. The maximum Gasteiger partial charge on any atom is 0.315 e. The molecule has 1 aliphatic rings. The highest BCUT2D eigenvalue weighted by Crippen LogP contribution is 2.33. The Bertz CT molecular complexity index is 529. The summed E-state index contributed by atoms with van der Waals surface area (Å²) < 4.78 is 0. The summed E-state index contributed by atoms with van der Waals surface area (Å²) >= 11 is 0. The Morgan fingerprint density at radius 1 is 1.36 bits per heavy atom. The molecule has 2 rings (SSSR count). The van der Waals surface area contributed by atoms with Gasteiger partial charge in [0.1, 0.15) is 0 Å². The monoisotopic (exact) mass is 307 g/mol. The van der Waals surface area contributed by atoms with Crippen LogP contribution < -0.4 is 15.5 Å². The predicted molar refractivity (Wildman–Crippen MR) is 84.8 cm³/mol. The van der Waals surface area contributed by atoms with E-state index in [9.17, 15) is 9.90 Å².